The fourth-order valence-corrected chi connectivity index (χ4v) is 2.19. The highest BCUT2D eigenvalue weighted by molar-refractivity contribution is 5.74. The topological polar surface area (TPSA) is 74.5 Å². The van der Waals surface area contributed by atoms with Gasteiger partial charge in [0.15, 0.2) is 5.88 Å². The Morgan fingerprint density at radius 3 is 2.57 bits per heavy atom. The lowest BCUT2D eigenvalue weighted by Gasteiger charge is -2.07. The minimum Gasteiger partial charge on any atom is -0.494 e. The fraction of sp³-hybridized carbons (Fsp3) is 0.312. The zero-order chi connectivity index (χ0) is 15.2. The van der Waals surface area contributed by atoms with Crippen LogP contribution in [0.1, 0.15) is 23.1 Å². The largest absolute Gasteiger partial charge is 0.494 e. The Morgan fingerprint density at radius 2 is 1.90 bits per heavy atom. The zero-order valence-electron chi connectivity index (χ0n) is 12.0. The van der Waals surface area contributed by atoms with Gasteiger partial charge in [0.25, 0.3) is 0 Å². The molecule has 112 valence electrons. The highest BCUT2D eigenvalue weighted by Gasteiger charge is 2.09. The van der Waals surface area contributed by atoms with Crippen molar-refractivity contribution in [1.29, 1.82) is 0 Å². The van der Waals surface area contributed by atoms with Crippen molar-refractivity contribution < 1.29 is 15.1 Å². The number of nitrogens with zero attached hydrogens (tertiary/aromatic N) is 1. The molecule has 0 aliphatic heterocycles. The Kier molecular flexibility index (Phi) is 5.00. The van der Waals surface area contributed by atoms with Crippen LogP contribution in [0.5, 0.6) is 5.88 Å². The van der Waals surface area contributed by atoms with Crippen molar-refractivity contribution in [3.8, 4) is 5.88 Å². The lowest BCUT2D eigenvalue weighted by Crippen LogP contribution is -2.18. The number of hydrogen-bond donors (Lipinski definition) is 3. The summed E-state index contributed by atoms with van der Waals surface area (Å²) in [6.45, 7) is 2.73. The third-order valence-corrected chi connectivity index (χ3v) is 3.52. The molecule has 5 nitrogen and oxygen atoms in total. The van der Waals surface area contributed by atoms with Crippen molar-refractivity contribution in [1.82, 2.24) is 10.0 Å². The lowest BCUT2D eigenvalue weighted by atomic mass is 10.1. The number of benzene rings is 1. The van der Waals surface area contributed by atoms with E-state index in [9.17, 15) is 9.90 Å². The van der Waals surface area contributed by atoms with Gasteiger partial charge in [-0.25, -0.2) is 5.48 Å². The number of hydroxylamine groups is 1. The molecule has 0 spiro atoms. The molecule has 0 atom stereocenters. The minimum atomic E-state index is -0.457. The number of aromatic nitrogens is 1. The van der Waals surface area contributed by atoms with Crippen LogP contribution >= 0.6 is 0 Å². The molecule has 0 unspecified atom stereocenters. The Morgan fingerprint density at radius 1 is 1.19 bits per heavy atom. The van der Waals surface area contributed by atoms with Gasteiger partial charge in [-0.2, -0.15) is 0 Å². The normalized spacial score (nSPS) is 10.6. The second-order valence-corrected chi connectivity index (χ2v) is 5.13. The predicted octanol–water partition coefficient (Wildman–Crippen LogP) is 2.18. The van der Waals surface area contributed by atoms with E-state index < -0.39 is 5.91 Å². The smallest absolute Gasteiger partial charge is 0.243 e. The van der Waals surface area contributed by atoms with Gasteiger partial charge in [0.05, 0.1) is 0 Å². The summed E-state index contributed by atoms with van der Waals surface area (Å²) in [7, 11) is 0. The molecule has 0 saturated carbocycles. The number of carbonyl (C=O) groups excluding carboxylic acids is 1. The number of amides is 1. The predicted molar refractivity (Wildman–Crippen MR) is 79.2 cm³/mol. The van der Waals surface area contributed by atoms with Crippen molar-refractivity contribution in [3.63, 3.8) is 0 Å². The zero-order valence-corrected chi connectivity index (χ0v) is 12.0. The van der Waals surface area contributed by atoms with Crippen LogP contribution in [-0.4, -0.2) is 20.8 Å². The van der Waals surface area contributed by atoms with E-state index in [0.717, 1.165) is 6.42 Å². The number of nitrogens with one attached hydrogen (secondary N) is 1. The monoisotopic (exact) mass is 288 g/mol. The average Bonchev–Trinajstić information content (AvgIpc) is 2.85. The van der Waals surface area contributed by atoms with Crippen molar-refractivity contribution in [3.05, 3.63) is 53.2 Å². The van der Waals surface area contributed by atoms with Gasteiger partial charge in [0.2, 0.25) is 5.91 Å². The Bertz CT molecular complexity index is 602. The first kappa shape index (κ1) is 15.1. The van der Waals surface area contributed by atoms with E-state index in [2.05, 4.69) is 31.2 Å². The molecule has 0 saturated heterocycles. The molecule has 2 rings (SSSR count). The van der Waals surface area contributed by atoms with E-state index in [0.29, 0.717) is 18.5 Å². The van der Waals surface area contributed by atoms with Crippen LogP contribution in [-0.2, 0) is 24.2 Å². The van der Waals surface area contributed by atoms with E-state index in [1.54, 1.807) is 16.1 Å². The molecule has 1 aromatic heterocycles. The summed E-state index contributed by atoms with van der Waals surface area (Å²) in [4.78, 5) is 11.0. The van der Waals surface area contributed by atoms with E-state index in [1.807, 2.05) is 6.20 Å². The van der Waals surface area contributed by atoms with Gasteiger partial charge in [-0.1, -0.05) is 29.8 Å². The van der Waals surface area contributed by atoms with Crippen LogP contribution < -0.4 is 5.48 Å². The average molecular weight is 288 g/mol. The Labute approximate surface area is 123 Å². The number of rotatable bonds is 6. The van der Waals surface area contributed by atoms with Gasteiger partial charge in [-0.05, 0) is 31.4 Å². The third kappa shape index (κ3) is 4.10. The summed E-state index contributed by atoms with van der Waals surface area (Å²) in [5, 5.41) is 18.6. The molecule has 21 heavy (non-hydrogen) atoms. The van der Waals surface area contributed by atoms with Crippen LogP contribution in [0.2, 0.25) is 0 Å². The van der Waals surface area contributed by atoms with Crippen molar-refractivity contribution in [2.75, 3.05) is 0 Å². The molecule has 0 aliphatic carbocycles. The second-order valence-electron chi connectivity index (χ2n) is 5.13. The number of carbonyl (C=O) groups is 1. The number of aromatic hydroxyl groups is 1. The quantitative estimate of drug-likeness (QED) is 0.563. The van der Waals surface area contributed by atoms with Crippen LogP contribution in [0.4, 0.5) is 0 Å². The summed E-state index contributed by atoms with van der Waals surface area (Å²) in [6, 6.07) is 10.1. The van der Waals surface area contributed by atoms with Crippen molar-refractivity contribution in [2.45, 2.75) is 32.7 Å². The first-order valence-corrected chi connectivity index (χ1v) is 6.95. The molecular weight excluding hydrogens is 268 g/mol. The van der Waals surface area contributed by atoms with Gasteiger partial charge in [-0.15, -0.1) is 0 Å². The van der Waals surface area contributed by atoms with Crippen molar-refractivity contribution >= 4 is 5.91 Å². The molecule has 0 aliphatic rings. The molecule has 0 fully saturated rings. The molecule has 1 amide bonds. The van der Waals surface area contributed by atoms with E-state index >= 15 is 0 Å². The molecule has 5 heteroatoms. The first-order chi connectivity index (χ1) is 10.1. The highest BCUT2D eigenvalue weighted by atomic mass is 16.5. The van der Waals surface area contributed by atoms with E-state index in [1.165, 1.54) is 11.1 Å². The molecule has 2 aromatic rings. The summed E-state index contributed by atoms with van der Waals surface area (Å²) in [5.74, 6) is -0.269. The van der Waals surface area contributed by atoms with Crippen LogP contribution in [0, 0.1) is 6.92 Å². The second kappa shape index (κ2) is 6.95. The van der Waals surface area contributed by atoms with Crippen molar-refractivity contribution in [2.24, 2.45) is 0 Å². The van der Waals surface area contributed by atoms with E-state index in [4.69, 9.17) is 5.21 Å². The molecule has 0 bridgehead atoms. The molecular formula is C16H20N2O3. The molecule has 3 N–H and O–H groups in total. The first-order valence-electron chi connectivity index (χ1n) is 6.95. The summed E-state index contributed by atoms with van der Waals surface area (Å²) in [5.41, 5.74) is 4.74. The maximum atomic E-state index is 11.0. The Balaban J connectivity index is 1.93. The van der Waals surface area contributed by atoms with Gasteiger partial charge in [0.1, 0.15) is 0 Å². The van der Waals surface area contributed by atoms with Gasteiger partial charge >= 0.3 is 0 Å². The van der Waals surface area contributed by atoms with Gasteiger partial charge < -0.3 is 9.67 Å². The molecule has 0 radical (unpaired) electrons. The van der Waals surface area contributed by atoms with E-state index in [-0.39, 0.29) is 12.3 Å². The number of aryl methyl sites for hydroxylation is 4. The molecule has 1 aromatic carbocycles. The van der Waals surface area contributed by atoms with Crippen LogP contribution in [0.15, 0.2) is 36.5 Å². The summed E-state index contributed by atoms with van der Waals surface area (Å²) >= 11 is 0. The SMILES string of the molecule is Cc1ccc(CCn2ccc(CCC(=O)NO)c2O)cc1. The minimum absolute atomic E-state index is 0.145. The van der Waals surface area contributed by atoms with Crippen LogP contribution in [0.25, 0.3) is 0 Å². The summed E-state index contributed by atoms with van der Waals surface area (Å²) < 4.78 is 1.77. The van der Waals surface area contributed by atoms with Crippen LogP contribution in [0.3, 0.4) is 0 Å². The summed E-state index contributed by atoms with van der Waals surface area (Å²) in [6.07, 6.45) is 3.19. The standard InChI is InChI=1S/C16H20N2O3/c1-12-2-4-13(5-3-12)8-10-18-11-9-14(16(18)20)6-7-15(19)17-21/h2-5,9,11,20-21H,6-8,10H2,1H3,(H,17,19). The maximum absolute atomic E-state index is 11.0. The maximum Gasteiger partial charge on any atom is 0.243 e. The third-order valence-electron chi connectivity index (χ3n) is 3.52. The van der Waals surface area contributed by atoms with Gasteiger partial charge in [-0.3, -0.25) is 10.0 Å². The Hall–Kier alpha value is -2.27. The number of hydrogen-bond acceptors (Lipinski definition) is 3. The fourth-order valence-electron chi connectivity index (χ4n) is 2.19. The van der Waals surface area contributed by atoms with Gasteiger partial charge in [0, 0.05) is 24.7 Å². The highest BCUT2D eigenvalue weighted by Crippen LogP contribution is 2.21. The lowest BCUT2D eigenvalue weighted by molar-refractivity contribution is -0.129. The molecule has 1 heterocycles.